The largest absolute Gasteiger partial charge is 0.330 e. The summed E-state index contributed by atoms with van der Waals surface area (Å²) in [5.74, 6) is 0.0137. The van der Waals surface area contributed by atoms with E-state index >= 15 is 0 Å². The third-order valence-electron chi connectivity index (χ3n) is 2.98. The van der Waals surface area contributed by atoms with Gasteiger partial charge in [0.2, 0.25) is 0 Å². The van der Waals surface area contributed by atoms with Crippen molar-refractivity contribution in [3.8, 4) is 0 Å². The van der Waals surface area contributed by atoms with Crippen LogP contribution in [-0.2, 0) is 19.4 Å². The molecule has 0 saturated carbocycles. The number of carbonyl (C=O) groups excluding carboxylic acids is 1. The van der Waals surface area contributed by atoms with Gasteiger partial charge in [0.15, 0.2) is 5.78 Å². The number of thiazole rings is 1. The number of hydrogen-bond acceptors (Lipinski definition) is 5. The van der Waals surface area contributed by atoms with E-state index in [0.29, 0.717) is 25.1 Å². The predicted molar refractivity (Wildman–Crippen MR) is 83.2 cm³/mol. The molecule has 108 valence electrons. The van der Waals surface area contributed by atoms with E-state index in [2.05, 4.69) is 26.0 Å². The van der Waals surface area contributed by atoms with Gasteiger partial charge >= 0.3 is 0 Å². The van der Waals surface area contributed by atoms with Gasteiger partial charge in [-0.1, -0.05) is 0 Å². The lowest BCUT2D eigenvalue weighted by Crippen LogP contribution is -2.11. The lowest BCUT2D eigenvalue weighted by atomic mass is 10.1. The van der Waals surface area contributed by atoms with Crippen LogP contribution in [0.5, 0.6) is 0 Å². The van der Waals surface area contributed by atoms with Crippen LogP contribution in [0, 0.1) is 6.92 Å². The fraction of sp³-hybridized carbons (Fsp3) is 0.462. The molecule has 2 heterocycles. The maximum absolute atomic E-state index is 12.3. The molecule has 0 bridgehead atoms. The predicted octanol–water partition coefficient (Wildman–Crippen LogP) is 2.36. The lowest BCUT2D eigenvalue weighted by molar-refractivity contribution is 0.0986. The quantitative estimate of drug-likeness (QED) is 0.806. The number of nitrogens with two attached hydrogens (primary N) is 1. The van der Waals surface area contributed by atoms with Gasteiger partial charge in [-0.25, -0.2) is 4.98 Å². The molecule has 2 rings (SSSR count). The average Bonchev–Trinajstić information content (AvgIpc) is 2.99. The number of halogens is 1. The molecule has 0 aliphatic heterocycles. The minimum atomic E-state index is 0.0137. The highest BCUT2D eigenvalue weighted by atomic mass is 79.9. The van der Waals surface area contributed by atoms with E-state index in [1.165, 1.54) is 11.3 Å². The summed E-state index contributed by atoms with van der Waals surface area (Å²) in [6.07, 6.45) is 1.02. The SMILES string of the molecule is CCn1nc(C)c(Br)c1CC(=O)c1csc(CCN)n1. The van der Waals surface area contributed by atoms with Crippen molar-refractivity contribution < 1.29 is 4.79 Å². The molecule has 0 saturated heterocycles. The van der Waals surface area contributed by atoms with Gasteiger partial charge < -0.3 is 5.73 Å². The van der Waals surface area contributed by atoms with E-state index in [1.807, 2.05) is 18.5 Å². The van der Waals surface area contributed by atoms with E-state index in [4.69, 9.17) is 5.73 Å². The van der Waals surface area contributed by atoms with Gasteiger partial charge in [-0.15, -0.1) is 11.3 Å². The van der Waals surface area contributed by atoms with E-state index < -0.39 is 0 Å². The molecule has 0 fully saturated rings. The normalized spacial score (nSPS) is 11.0. The van der Waals surface area contributed by atoms with Crippen molar-refractivity contribution in [2.75, 3.05) is 6.54 Å². The highest BCUT2D eigenvalue weighted by Crippen LogP contribution is 2.23. The summed E-state index contributed by atoms with van der Waals surface area (Å²) >= 11 is 4.99. The summed E-state index contributed by atoms with van der Waals surface area (Å²) in [6, 6.07) is 0. The van der Waals surface area contributed by atoms with Crippen LogP contribution in [-0.4, -0.2) is 27.1 Å². The van der Waals surface area contributed by atoms with Crippen molar-refractivity contribution in [3.63, 3.8) is 0 Å². The van der Waals surface area contributed by atoms with Gasteiger partial charge in [0.1, 0.15) is 5.69 Å². The number of aromatic nitrogens is 3. The second-order valence-electron chi connectivity index (χ2n) is 4.43. The number of ketones is 1. The minimum Gasteiger partial charge on any atom is -0.330 e. The first-order chi connectivity index (χ1) is 9.56. The molecule has 2 aromatic heterocycles. The highest BCUT2D eigenvalue weighted by molar-refractivity contribution is 9.10. The van der Waals surface area contributed by atoms with E-state index in [0.717, 1.165) is 27.4 Å². The van der Waals surface area contributed by atoms with Crippen LogP contribution < -0.4 is 5.73 Å². The summed E-state index contributed by atoms with van der Waals surface area (Å²) < 4.78 is 2.76. The molecule has 0 amide bonds. The first kappa shape index (κ1) is 15.3. The zero-order valence-corrected chi connectivity index (χ0v) is 13.9. The van der Waals surface area contributed by atoms with Crippen LogP contribution in [0.3, 0.4) is 0 Å². The third-order valence-corrected chi connectivity index (χ3v) is 4.92. The lowest BCUT2D eigenvalue weighted by Gasteiger charge is -2.03. The van der Waals surface area contributed by atoms with Crippen LogP contribution >= 0.6 is 27.3 Å². The Morgan fingerprint density at radius 2 is 2.30 bits per heavy atom. The van der Waals surface area contributed by atoms with Crippen LogP contribution in [0.15, 0.2) is 9.85 Å². The molecule has 0 unspecified atom stereocenters. The monoisotopic (exact) mass is 356 g/mol. The zero-order valence-electron chi connectivity index (χ0n) is 11.5. The Labute approximate surface area is 130 Å². The molecule has 0 aromatic carbocycles. The molecule has 2 N–H and O–H groups in total. The van der Waals surface area contributed by atoms with Gasteiger partial charge in [-0.3, -0.25) is 9.48 Å². The summed E-state index contributed by atoms with van der Waals surface area (Å²) in [4.78, 5) is 16.6. The summed E-state index contributed by atoms with van der Waals surface area (Å²) in [7, 11) is 0. The molecule has 20 heavy (non-hydrogen) atoms. The zero-order chi connectivity index (χ0) is 14.7. The van der Waals surface area contributed by atoms with E-state index in [9.17, 15) is 4.79 Å². The summed E-state index contributed by atoms with van der Waals surface area (Å²) in [6.45, 7) is 5.22. The highest BCUT2D eigenvalue weighted by Gasteiger charge is 2.18. The number of aryl methyl sites for hydroxylation is 2. The molecule has 7 heteroatoms. The van der Waals surface area contributed by atoms with Gasteiger partial charge in [-0.05, 0) is 36.3 Å². The molecular weight excluding hydrogens is 340 g/mol. The van der Waals surface area contributed by atoms with Crippen LogP contribution in [0.4, 0.5) is 0 Å². The first-order valence-corrected chi connectivity index (χ1v) is 8.13. The van der Waals surface area contributed by atoms with Gasteiger partial charge in [0, 0.05) is 18.3 Å². The molecule has 0 spiro atoms. The summed E-state index contributed by atoms with van der Waals surface area (Å²) in [5.41, 5.74) is 7.82. The number of rotatable bonds is 6. The summed E-state index contributed by atoms with van der Waals surface area (Å²) in [5, 5.41) is 7.11. The van der Waals surface area contributed by atoms with Crippen molar-refractivity contribution in [1.29, 1.82) is 0 Å². The fourth-order valence-corrected chi connectivity index (χ4v) is 3.20. The van der Waals surface area contributed by atoms with Crippen LogP contribution in [0.2, 0.25) is 0 Å². The Morgan fingerprint density at radius 1 is 1.55 bits per heavy atom. The Hall–Kier alpha value is -1.05. The maximum atomic E-state index is 12.3. The number of nitrogens with zero attached hydrogens (tertiary/aromatic N) is 3. The van der Waals surface area contributed by atoms with Gasteiger partial charge in [-0.2, -0.15) is 5.10 Å². The molecule has 0 aliphatic rings. The molecule has 2 aromatic rings. The van der Waals surface area contributed by atoms with Crippen molar-refractivity contribution >= 4 is 33.0 Å². The molecule has 0 aliphatic carbocycles. The Bertz CT molecular complexity index is 620. The minimum absolute atomic E-state index is 0.0137. The van der Waals surface area contributed by atoms with Crippen LogP contribution in [0.1, 0.15) is 33.8 Å². The number of hydrogen-bond donors (Lipinski definition) is 1. The Morgan fingerprint density at radius 3 is 2.95 bits per heavy atom. The smallest absolute Gasteiger partial charge is 0.188 e. The molecular formula is C13H17BrN4OS. The molecule has 0 radical (unpaired) electrons. The van der Waals surface area contributed by atoms with Crippen molar-refractivity contribution in [2.24, 2.45) is 5.73 Å². The first-order valence-electron chi connectivity index (χ1n) is 6.46. The number of carbonyl (C=O) groups is 1. The molecule has 5 nitrogen and oxygen atoms in total. The van der Waals surface area contributed by atoms with E-state index in [-0.39, 0.29) is 5.78 Å². The van der Waals surface area contributed by atoms with Crippen LogP contribution in [0.25, 0.3) is 0 Å². The second kappa shape index (κ2) is 6.60. The Kier molecular flexibility index (Phi) is 5.06. The third kappa shape index (κ3) is 3.16. The average molecular weight is 357 g/mol. The molecule has 0 atom stereocenters. The standard InChI is InChI=1S/C13H17BrN4OS/c1-3-18-10(13(14)8(2)17-18)6-11(19)9-7-20-12(16-9)4-5-15/h7H,3-6,15H2,1-2H3. The second-order valence-corrected chi connectivity index (χ2v) is 6.16. The van der Waals surface area contributed by atoms with Gasteiger partial charge in [0.25, 0.3) is 0 Å². The number of Topliss-reactive ketones (excluding diaryl/α,β-unsaturated/α-hetero) is 1. The Balaban J connectivity index is 2.18. The van der Waals surface area contributed by atoms with Crippen molar-refractivity contribution in [1.82, 2.24) is 14.8 Å². The van der Waals surface area contributed by atoms with Crippen molar-refractivity contribution in [3.05, 3.63) is 31.9 Å². The topological polar surface area (TPSA) is 73.8 Å². The van der Waals surface area contributed by atoms with Crippen molar-refractivity contribution in [2.45, 2.75) is 33.2 Å². The fourth-order valence-electron chi connectivity index (χ4n) is 1.96. The van der Waals surface area contributed by atoms with Gasteiger partial charge in [0.05, 0.1) is 27.3 Å². The van der Waals surface area contributed by atoms with E-state index in [1.54, 1.807) is 5.38 Å². The maximum Gasteiger partial charge on any atom is 0.188 e.